The Bertz CT molecular complexity index is 771. The number of nitrogens with zero attached hydrogens (tertiary/aromatic N) is 3. The first-order valence-electron chi connectivity index (χ1n) is 8.50. The monoisotopic (exact) mass is 364 g/mol. The van der Waals surface area contributed by atoms with Crippen molar-refractivity contribution in [3.05, 3.63) is 47.8 Å². The maximum Gasteiger partial charge on any atom is 0.416 e. The number of rotatable bonds is 3. The summed E-state index contributed by atoms with van der Waals surface area (Å²) in [4.78, 5) is 22.9. The third-order valence-corrected chi connectivity index (χ3v) is 4.21. The molecule has 1 aromatic heterocycles. The molecule has 26 heavy (non-hydrogen) atoms. The van der Waals surface area contributed by atoms with Gasteiger partial charge < -0.3 is 10.2 Å². The number of alkyl halides is 3. The molecule has 1 aromatic carbocycles. The first kappa shape index (κ1) is 18.2. The minimum atomic E-state index is -4.46. The van der Waals surface area contributed by atoms with Gasteiger partial charge in [0.05, 0.1) is 5.56 Å². The van der Waals surface area contributed by atoms with E-state index in [4.69, 9.17) is 0 Å². The zero-order chi connectivity index (χ0) is 18.6. The standard InChI is InChI=1S/C18H19F3N4O/c19-18(20,21)13-6-5-7-14(12-13)23-16(26)15-8-9-22-17(24-15)25-10-3-1-2-4-11-25/h5-9,12H,1-4,10-11H2,(H,23,26). The smallest absolute Gasteiger partial charge is 0.341 e. The molecule has 5 nitrogen and oxygen atoms in total. The summed E-state index contributed by atoms with van der Waals surface area (Å²) in [6, 6.07) is 5.96. The molecule has 0 aliphatic carbocycles. The zero-order valence-electron chi connectivity index (χ0n) is 14.1. The Kier molecular flexibility index (Phi) is 5.39. The average Bonchev–Trinajstić information content (AvgIpc) is 2.91. The molecule has 8 heteroatoms. The Morgan fingerprint density at radius 2 is 1.81 bits per heavy atom. The Balaban J connectivity index is 1.75. The van der Waals surface area contributed by atoms with Crippen molar-refractivity contribution in [3.63, 3.8) is 0 Å². The van der Waals surface area contributed by atoms with Crippen LogP contribution in [0.15, 0.2) is 36.5 Å². The third-order valence-electron chi connectivity index (χ3n) is 4.21. The van der Waals surface area contributed by atoms with Gasteiger partial charge in [0.25, 0.3) is 5.91 Å². The quantitative estimate of drug-likeness (QED) is 0.890. The van der Waals surface area contributed by atoms with E-state index in [0.717, 1.165) is 50.9 Å². The summed E-state index contributed by atoms with van der Waals surface area (Å²) in [7, 11) is 0. The second kappa shape index (κ2) is 7.72. The molecule has 0 bridgehead atoms. The van der Waals surface area contributed by atoms with Gasteiger partial charge >= 0.3 is 6.18 Å². The maximum absolute atomic E-state index is 12.8. The topological polar surface area (TPSA) is 58.1 Å². The van der Waals surface area contributed by atoms with Crippen molar-refractivity contribution < 1.29 is 18.0 Å². The van der Waals surface area contributed by atoms with Gasteiger partial charge in [0.2, 0.25) is 5.95 Å². The second-order valence-electron chi connectivity index (χ2n) is 6.18. The van der Waals surface area contributed by atoms with Gasteiger partial charge in [-0.15, -0.1) is 0 Å². The molecule has 2 aromatic rings. The van der Waals surface area contributed by atoms with E-state index in [9.17, 15) is 18.0 Å². The predicted octanol–water partition coefficient (Wildman–Crippen LogP) is 4.13. The summed E-state index contributed by atoms with van der Waals surface area (Å²) in [6.07, 6.45) is 1.44. The molecule has 138 valence electrons. The Labute approximate surface area is 149 Å². The molecule has 0 spiro atoms. The second-order valence-corrected chi connectivity index (χ2v) is 6.18. The fraction of sp³-hybridized carbons (Fsp3) is 0.389. The van der Waals surface area contributed by atoms with Crippen LogP contribution in [-0.2, 0) is 6.18 Å². The van der Waals surface area contributed by atoms with Crippen molar-refractivity contribution in [1.82, 2.24) is 9.97 Å². The number of benzene rings is 1. The molecule has 3 rings (SSSR count). The minimum Gasteiger partial charge on any atom is -0.341 e. The lowest BCUT2D eigenvalue weighted by Crippen LogP contribution is -2.27. The van der Waals surface area contributed by atoms with Crippen molar-refractivity contribution in [2.45, 2.75) is 31.9 Å². The third kappa shape index (κ3) is 4.50. The molecule has 1 saturated heterocycles. The Morgan fingerprint density at radius 1 is 1.08 bits per heavy atom. The molecule has 1 N–H and O–H groups in total. The lowest BCUT2D eigenvalue weighted by atomic mass is 10.2. The average molecular weight is 364 g/mol. The van der Waals surface area contributed by atoms with E-state index in [0.29, 0.717) is 5.95 Å². The van der Waals surface area contributed by atoms with Crippen LogP contribution in [-0.4, -0.2) is 29.0 Å². The van der Waals surface area contributed by atoms with E-state index >= 15 is 0 Å². The van der Waals surface area contributed by atoms with Gasteiger partial charge in [-0.05, 0) is 37.1 Å². The van der Waals surface area contributed by atoms with E-state index in [1.807, 2.05) is 4.90 Å². The first-order chi connectivity index (χ1) is 12.4. The largest absolute Gasteiger partial charge is 0.416 e. The Hall–Kier alpha value is -2.64. The van der Waals surface area contributed by atoms with Crippen molar-refractivity contribution in [1.29, 1.82) is 0 Å². The van der Waals surface area contributed by atoms with E-state index in [1.165, 1.54) is 24.4 Å². The van der Waals surface area contributed by atoms with E-state index in [2.05, 4.69) is 15.3 Å². The van der Waals surface area contributed by atoms with Crippen molar-refractivity contribution in [3.8, 4) is 0 Å². The van der Waals surface area contributed by atoms with Gasteiger partial charge in [-0.2, -0.15) is 13.2 Å². The Morgan fingerprint density at radius 3 is 2.50 bits per heavy atom. The highest BCUT2D eigenvalue weighted by atomic mass is 19.4. The van der Waals surface area contributed by atoms with Crippen molar-refractivity contribution in [2.75, 3.05) is 23.3 Å². The van der Waals surface area contributed by atoms with Crippen LogP contribution in [0, 0.1) is 0 Å². The van der Waals surface area contributed by atoms with Crippen LogP contribution in [0.25, 0.3) is 0 Å². The summed E-state index contributed by atoms with van der Waals surface area (Å²) in [5, 5.41) is 2.47. The van der Waals surface area contributed by atoms with E-state index in [1.54, 1.807) is 0 Å². The number of aromatic nitrogens is 2. The van der Waals surface area contributed by atoms with Crippen LogP contribution in [0.3, 0.4) is 0 Å². The molecule has 0 radical (unpaired) electrons. The van der Waals surface area contributed by atoms with Crippen LogP contribution in [0.4, 0.5) is 24.8 Å². The highest BCUT2D eigenvalue weighted by Gasteiger charge is 2.30. The number of anilines is 2. The van der Waals surface area contributed by atoms with Gasteiger partial charge in [0.15, 0.2) is 0 Å². The summed E-state index contributed by atoms with van der Waals surface area (Å²) in [5.41, 5.74) is -0.625. The first-order valence-corrected chi connectivity index (χ1v) is 8.50. The number of hydrogen-bond donors (Lipinski definition) is 1. The number of halogens is 3. The lowest BCUT2D eigenvalue weighted by Gasteiger charge is -2.20. The molecule has 1 fully saturated rings. The van der Waals surface area contributed by atoms with Crippen LogP contribution in [0.2, 0.25) is 0 Å². The molecular formula is C18H19F3N4O. The molecule has 2 heterocycles. The van der Waals surface area contributed by atoms with Gasteiger partial charge in [-0.3, -0.25) is 4.79 Å². The highest BCUT2D eigenvalue weighted by Crippen LogP contribution is 2.30. The summed E-state index contributed by atoms with van der Waals surface area (Å²) < 4.78 is 38.3. The predicted molar refractivity (Wildman–Crippen MR) is 92.1 cm³/mol. The normalized spacial score (nSPS) is 15.4. The van der Waals surface area contributed by atoms with E-state index < -0.39 is 17.6 Å². The summed E-state index contributed by atoms with van der Waals surface area (Å²) in [6.45, 7) is 1.66. The van der Waals surface area contributed by atoms with Gasteiger partial charge in [-0.25, -0.2) is 9.97 Å². The number of carbonyl (C=O) groups excluding carboxylic acids is 1. The molecule has 0 saturated carbocycles. The number of amides is 1. The summed E-state index contributed by atoms with van der Waals surface area (Å²) in [5.74, 6) is -0.0913. The highest BCUT2D eigenvalue weighted by molar-refractivity contribution is 6.03. The molecule has 0 unspecified atom stereocenters. The molecule has 1 aliphatic heterocycles. The molecule has 1 amide bonds. The van der Waals surface area contributed by atoms with Crippen LogP contribution in [0.5, 0.6) is 0 Å². The number of nitrogens with one attached hydrogen (secondary N) is 1. The van der Waals surface area contributed by atoms with Gasteiger partial charge in [0, 0.05) is 25.0 Å². The summed E-state index contributed by atoms with van der Waals surface area (Å²) >= 11 is 0. The minimum absolute atomic E-state index is 0.0692. The van der Waals surface area contributed by atoms with Crippen LogP contribution in [0.1, 0.15) is 41.7 Å². The molecule has 1 aliphatic rings. The van der Waals surface area contributed by atoms with Crippen LogP contribution < -0.4 is 10.2 Å². The van der Waals surface area contributed by atoms with Gasteiger partial charge in [0.1, 0.15) is 5.69 Å². The lowest BCUT2D eigenvalue weighted by molar-refractivity contribution is -0.137. The SMILES string of the molecule is O=C(Nc1cccc(C(F)(F)F)c1)c1ccnc(N2CCCCCC2)n1. The maximum atomic E-state index is 12.8. The van der Waals surface area contributed by atoms with Gasteiger partial charge in [-0.1, -0.05) is 18.9 Å². The number of hydrogen-bond acceptors (Lipinski definition) is 4. The molecule has 0 atom stereocenters. The zero-order valence-corrected chi connectivity index (χ0v) is 14.1. The van der Waals surface area contributed by atoms with E-state index in [-0.39, 0.29) is 11.4 Å². The van der Waals surface area contributed by atoms with Crippen molar-refractivity contribution in [2.24, 2.45) is 0 Å². The fourth-order valence-corrected chi connectivity index (χ4v) is 2.87. The van der Waals surface area contributed by atoms with Crippen LogP contribution >= 0.6 is 0 Å². The fourth-order valence-electron chi connectivity index (χ4n) is 2.87. The number of carbonyl (C=O) groups is 1. The molecular weight excluding hydrogens is 345 g/mol. The van der Waals surface area contributed by atoms with Crippen molar-refractivity contribution >= 4 is 17.5 Å².